The number of benzene rings is 2. The van der Waals surface area contributed by atoms with Crippen LogP contribution >= 0.6 is 11.6 Å². The molecule has 1 aromatic heterocycles. The summed E-state index contributed by atoms with van der Waals surface area (Å²) in [4.78, 5) is 15.1. The predicted octanol–water partition coefficient (Wildman–Crippen LogP) is 6.17. The minimum absolute atomic E-state index is 0.0857. The number of unbranched alkanes of at least 4 members (excludes halogenated alkanes) is 2. The molecule has 5 heteroatoms. The molecule has 30 heavy (non-hydrogen) atoms. The zero-order valence-corrected chi connectivity index (χ0v) is 18.1. The Morgan fingerprint density at radius 2 is 1.87 bits per heavy atom. The molecule has 3 aromatic rings. The highest BCUT2D eigenvalue weighted by atomic mass is 35.5. The fourth-order valence-electron chi connectivity index (χ4n) is 3.52. The Hall–Kier alpha value is -2.59. The van der Waals surface area contributed by atoms with E-state index in [2.05, 4.69) is 11.5 Å². The molecule has 0 saturated carbocycles. The Balaban J connectivity index is 1.77. The summed E-state index contributed by atoms with van der Waals surface area (Å²) >= 11 is 6.55. The molecule has 0 aliphatic rings. The highest BCUT2D eigenvalue weighted by molar-refractivity contribution is 6.30. The lowest BCUT2D eigenvalue weighted by Crippen LogP contribution is -2.34. The van der Waals surface area contributed by atoms with E-state index >= 15 is 0 Å². The largest absolute Gasteiger partial charge is 0.345 e. The first kappa shape index (κ1) is 22.1. The smallest absolute Gasteiger partial charge is 0.245 e. The highest BCUT2D eigenvalue weighted by Gasteiger charge is 2.24. The Kier molecular flexibility index (Phi) is 8.09. The first-order valence-electron chi connectivity index (χ1n) is 10.4. The minimum atomic E-state index is -0.709. The SMILES string of the molecule is CCCCCN(Cc1cccn1Cc1cccc(F)c1)C(=O)C(Cl)c1ccccc1. The number of amides is 1. The number of nitrogens with zero attached hydrogens (tertiary/aromatic N) is 2. The van der Waals surface area contributed by atoms with E-state index in [4.69, 9.17) is 11.6 Å². The fraction of sp³-hybridized carbons (Fsp3) is 0.320. The molecule has 158 valence electrons. The minimum Gasteiger partial charge on any atom is -0.345 e. The molecule has 0 fully saturated rings. The van der Waals surface area contributed by atoms with Crippen LogP contribution < -0.4 is 0 Å². The second kappa shape index (κ2) is 11.0. The molecule has 0 spiro atoms. The van der Waals surface area contributed by atoms with Crippen LogP contribution in [-0.2, 0) is 17.9 Å². The number of hydrogen-bond donors (Lipinski definition) is 0. The van der Waals surface area contributed by atoms with Crippen LogP contribution in [0, 0.1) is 5.82 Å². The van der Waals surface area contributed by atoms with Crippen molar-refractivity contribution in [2.24, 2.45) is 0 Å². The topological polar surface area (TPSA) is 25.2 Å². The van der Waals surface area contributed by atoms with Gasteiger partial charge in [-0.2, -0.15) is 0 Å². The highest BCUT2D eigenvalue weighted by Crippen LogP contribution is 2.24. The molecule has 3 nitrogen and oxygen atoms in total. The number of carbonyl (C=O) groups excluding carboxylic acids is 1. The first-order valence-corrected chi connectivity index (χ1v) is 10.9. The van der Waals surface area contributed by atoms with Crippen LogP contribution in [0.4, 0.5) is 4.39 Å². The number of halogens is 2. The summed E-state index contributed by atoms with van der Waals surface area (Å²) in [7, 11) is 0. The standard InChI is InChI=1S/C25H28ClFN2O/c1-2-3-7-15-29(25(30)24(26)21-11-5-4-6-12-21)19-23-14-9-16-28(23)18-20-10-8-13-22(27)17-20/h4-6,8-14,16-17,24H,2-3,7,15,18-19H2,1H3. The van der Waals surface area contributed by atoms with Gasteiger partial charge in [0.2, 0.25) is 5.91 Å². The first-order chi connectivity index (χ1) is 14.6. The summed E-state index contributed by atoms with van der Waals surface area (Å²) in [6.07, 6.45) is 5.04. The van der Waals surface area contributed by atoms with Gasteiger partial charge in [-0.05, 0) is 41.8 Å². The summed E-state index contributed by atoms with van der Waals surface area (Å²) < 4.78 is 15.6. The second-order valence-electron chi connectivity index (χ2n) is 7.50. The molecule has 1 unspecified atom stereocenters. The van der Waals surface area contributed by atoms with Crippen LogP contribution in [0.5, 0.6) is 0 Å². The maximum atomic E-state index is 13.6. The van der Waals surface area contributed by atoms with Gasteiger partial charge in [-0.15, -0.1) is 11.6 Å². The number of aromatic nitrogens is 1. The van der Waals surface area contributed by atoms with Gasteiger partial charge in [-0.1, -0.05) is 62.2 Å². The van der Waals surface area contributed by atoms with Crippen LogP contribution in [0.15, 0.2) is 72.9 Å². The van der Waals surface area contributed by atoms with Crippen molar-refractivity contribution in [3.8, 4) is 0 Å². The quantitative estimate of drug-likeness (QED) is 0.281. The van der Waals surface area contributed by atoms with Crippen LogP contribution in [0.2, 0.25) is 0 Å². The van der Waals surface area contributed by atoms with E-state index in [0.29, 0.717) is 19.6 Å². The van der Waals surface area contributed by atoms with E-state index in [1.54, 1.807) is 6.07 Å². The molecular weight excluding hydrogens is 399 g/mol. The van der Waals surface area contributed by atoms with E-state index in [-0.39, 0.29) is 11.7 Å². The molecule has 2 aromatic carbocycles. The summed E-state index contributed by atoms with van der Waals surface area (Å²) in [5, 5.41) is -0.709. The maximum absolute atomic E-state index is 13.6. The number of rotatable bonds is 10. The predicted molar refractivity (Wildman–Crippen MR) is 120 cm³/mol. The average molecular weight is 427 g/mol. The number of alkyl halides is 1. The van der Waals surface area contributed by atoms with E-state index in [0.717, 1.165) is 36.1 Å². The molecule has 3 rings (SSSR count). The van der Waals surface area contributed by atoms with Gasteiger partial charge >= 0.3 is 0 Å². The zero-order valence-electron chi connectivity index (χ0n) is 17.3. The van der Waals surface area contributed by atoms with Gasteiger partial charge in [0, 0.05) is 25.0 Å². The maximum Gasteiger partial charge on any atom is 0.245 e. The molecule has 0 aliphatic heterocycles. The van der Waals surface area contributed by atoms with Crippen molar-refractivity contribution in [2.75, 3.05) is 6.54 Å². The lowest BCUT2D eigenvalue weighted by Gasteiger charge is -2.26. The molecule has 0 saturated heterocycles. The normalized spacial score (nSPS) is 12.0. The molecule has 0 N–H and O–H groups in total. The molecule has 1 amide bonds. The van der Waals surface area contributed by atoms with E-state index in [9.17, 15) is 9.18 Å². The summed E-state index contributed by atoms with van der Waals surface area (Å²) in [6, 6.07) is 20.0. The monoisotopic (exact) mass is 426 g/mol. The van der Waals surface area contributed by atoms with Gasteiger partial charge in [0.05, 0.1) is 6.54 Å². The van der Waals surface area contributed by atoms with Crippen molar-refractivity contribution in [2.45, 2.75) is 44.7 Å². The fourth-order valence-corrected chi connectivity index (χ4v) is 3.80. The Morgan fingerprint density at radius 3 is 2.60 bits per heavy atom. The molecule has 0 radical (unpaired) electrons. The van der Waals surface area contributed by atoms with Gasteiger partial charge < -0.3 is 9.47 Å². The molecular formula is C25H28ClFN2O. The van der Waals surface area contributed by atoms with Crippen molar-refractivity contribution in [1.82, 2.24) is 9.47 Å². The number of hydrogen-bond acceptors (Lipinski definition) is 1. The molecule has 0 aliphatic carbocycles. The third kappa shape index (κ3) is 5.96. The van der Waals surface area contributed by atoms with Crippen molar-refractivity contribution in [3.63, 3.8) is 0 Å². The van der Waals surface area contributed by atoms with Gasteiger partial charge in [0.25, 0.3) is 0 Å². The number of carbonyl (C=O) groups is 1. The zero-order chi connectivity index (χ0) is 21.3. The third-order valence-corrected chi connectivity index (χ3v) is 5.61. The summed E-state index contributed by atoms with van der Waals surface area (Å²) in [5.41, 5.74) is 2.69. The lowest BCUT2D eigenvalue weighted by atomic mass is 10.1. The Labute approximate surface area is 183 Å². The summed E-state index contributed by atoms with van der Waals surface area (Å²) in [6.45, 7) is 3.83. The van der Waals surface area contributed by atoms with Gasteiger partial charge in [0.15, 0.2) is 0 Å². The lowest BCUT2D eigenvalue weighted by molar-refractivity contribution is -0.131. The Morgan fingerprint density at radius 1 is 1.07 bits per heavy atom. The van der Waals surface area contributed by atoms with Crippen molar-refractivity contribution in [1.29, 1.82) is 0 Å². The van der Waals surface area contributed by atoms with Crippen molar-refractivity contribution >= 4 is 17.5 Å². The van der Waals surface area contributed by atoms with Crippen LogP contribution in [0.25, 0.3) is 0 Å². The van der Waals surface area contributed by atoms with Crippen molar-refractivity contribution in [3.05, 3.63) is 95.6 Å². The third-order valence-electron chi connectivity index (χ3n) is 5.17. The van der Waals surface area contributed by atoms with E-state index < -0.39 is 5.38 Å². The Bertz CT molecular complexity index is 941. The van der Waals surface area contributed by atoms with Crippen LogP contribution in [-0.4, -0.2) is 21.9 Å². The van der Waals surface area contributed by atoms with Gasteiger partial charge in [-0.25, -0.2) is 4.39 Å². The molecule has 1 atom stereocenters. The van der Waals surface area contributed by atoms with E-state index in [1.807, 2.05) is 59.6 Å². The van der Waals surface area contributed by atoms with Gasteiger partial charge in [0.1, 0.15) is 11.2 Å². The van der Waals surface area contributed by atoms with Gasteiger partial charge in [-0.3, -0.25) is 4.79 Å². The summed E-state index contributed by atoms with van der Waals surface area (Å²) in [5.74, 6) is -0.331. The van der Waals surface area contributed by atoms with Crippen LogP contribution in [0.3, 0.4) is 0 Å². The second-order valence-corrected chi connectivity index (χ2v) is 7.93. The van der Waals surface area contributed by atoms with Crippen LogP contribution in [0.1, 0.15) is 48.4 Å². The average Bonchev–Trinajstić information content (AvgIpc) is 3.19. The van der Waals surface area contributed by atoms with E-state index in [1.165, 1.54) is 12.1 Å². The van der Waals surface area contributed by atoms with Crippen molar-refractivity contribution < 1.29 is 9.18 Å². The molecule has 1 heterocycles. The molecule has 0 bridgehead atoms.